The molecule has 2 rings (SSSR count). The fourth-order valence-electron chi connectivity index (χ4n) is 3.84. The number of carboxylic acid groups (broad SMARTS) is 1. The van der Waals surface area contributed by atoms with Gasteiger partial charge < -0.3 is 20.1 Å². The van der Waals surface area contributed by atoms with E-state index in [0.29, 0.717) is 19.3 Å². The van der Waals surface area contributed by atoms with Crippen molar-refractivity contribution in [3.05, 3.63) is 24.0 Å². The molecule has 1 aliphatic heterocycles. The third kappa shape index (κ3) is 6.80. The van der Waals surface area contributed by atoms with E-state index >= 15 is 0 Å². The van der Waals surface area contributed by atoms with Crippen LogP contribution in [0.15, 0.2) is 24.0 Å². The summed E-state index contributed by atoms with van der Waals surface area (Å²) >= 11 is 0. The summed E-state index contributed by atoms with van der Waals surface area (Å²) in [4.78, 5) is 10.5. The number of alkyl halides is 2. The third-order valence-electron chi connectivity index (χ3n) is 5.36. The van der Waals surface area contributed by atoms with Gasteiger partial charge in [-0.15, -0.1) is 0 Å². The summed E-state index contributed by atoms with van der Waals surface area (Å²) in [6.07, 6.45) is 1.98. The molecule has 0 aromatic carbocycles. The molecular weight excluding hydrogens is 381 g/mol. The maximum Gasteiger partial charge on any atom is 0.303 e. The number of aliphatic hydroxyl groups excluding tert-OH is 2. The van der Waals surface area contributed by atoms with Gasteiger partial charge in [0.05, 0.1) is 6.10 Å². The second-order valence-corrected chi connectivity index (χ2v) is 7.44. The van der Waals surface area contributed by atoms with Crippen LogP contribution in [0.5, 0.6) is 0 Å². The van der Waals surface area contributed by atoms with Crippen molar-refractivity contribution in [1.82, 2.24) is 0 Å². The normalized spacial score (nSPS) is 32.8. The van der Waals surface area contributed by atoms with Crippen molar-refractivity contribution in [1.29, 1.82) is 0 Å². The first-order valence-corrected chi connectivity index (χ1v) is 9.76. The van der Waals surface area contributed by atoms with Gasteiger partial charge in [-0.3, -0.25) is 4.79 Å². The van der Waals surface area contributed by atoms with Gasteiger partial charge in [0.1, 0.15) is 24.1 Å². The number of unbranched alkanes of at least 4 members (excludes halogenated alkanes) is 2. The first-order chi connectivity index (χ1) is 12.8. The Bertz CT molecular complexity index is 557. The summed E-state index contributed by atoms with van der Waals surface area (Å²) in [5.74, 6) is -1.84. The molecule has 5 nitrogen and oxygen atoms in total. The van der Waals surface area contributed by atoms with E-state index in [-0.39, 0.29) is 54.6 Å². The summed E-state index contributed by atoms with van der Waals surface area (Å²) < 4.78 is 34.3. The molecule has 2 aliphatic rings. The molecule has 1 radical (unpaired) electrons. The van der Waals surface area contributed by atoms with Crippen LogP contribution in [0.1, 0.15) is 51.9 Å². The topological polar surface area (TPSA) is 87.0 Å². The maximum absolute atomic E-state index is 14.8. The smallest absolute Gasteiger partial charge is 0.303 e. The zero-order chi connectivity index (χ0) is 20.0. The summed E-state index contributed by atoms with van der Waals surface area (Å²) in [5.41, 5.74) is 0. The zero-order valence-corrected chi connectivity index (χ0v) is 18.6. The Labute approximate surface area is 187 Å². The van der Waals surface area contributed by atoms with Crippen LogP contribution in [-0.2, 0) is 9.53 Å². The van der Waals surface area contributed by atoms with Crippen LogP contribution >= 0.6 is 0 Å². The van der Waals surface area contributed by atoms with Crippen molar-refractivity contribution < 1.29 is 33.6 Å². The van der Waals surface area contributed by atoms with Gasteiger partial charge in [-0.2, -0.15) is 0 Å². The predicted molar refractivity (Wildman–Crippen MR) is 102 cm³/mol. The average molecular weight is 411 g/mol. The summed E-state index contributed by atoms with van der Waals surface area (Å²) in [5, 5.41) is 28.8. The van der Waals surface area contributed by atoms with E-state index in [1.54, 1.807) is 6.08 Å². The van der Waals surface area contributed by atoms with E-state index in [4.69, 9.17) is 9.84 Å². The van der Waals surface area contributed by atoms with Crippen LogP contribution in [0.3, 0.4) is 0 Å². The zero-order valence-electron chi connectivity index (χ0n) is 16.6. The number of carboxylic acids is 1. The Morgan fingerprint density at radius 2 is 2.11 bits per heavy atom. The number of aliphatic carboxylic acids is 1. The molecule has 1 aliphatic carbocycles. The van der Waals surface area contributed by atoms with Gasteiger partial charge in [0.25, 0.3) is 0 Å². The van der Waals surface area contributed by atoms with Gasteiger partial charge in [0, 0.05) is 54.2 Å². The van der Waals surface area contributed by atoms with E-state index in [1.165, 1.54) is 12.2 Å². The Balaban J connectivity index is 0.00000392. The van der Waals surface area contributed by atoms with Gasteiger partial charge in [0.15, 0.2) is 6.17 Å². The molecule has 28 heavy (non-hydrogen) atoms. The van der Waals surface area contributed by atoms with E-state index in [0.717, 1.165) is 6.42 Å². The molecule has 8 heteroatoms. The van der Waals surface area contributed by atoms with E-state index < -0.39 is 48.5 Å². The molecule has 2 fully saturated rings. The quantitative estimate of drug-likeness (QED) is 0.292. The number of hydrogen-bond acceptors (Lipinski definition) is 4. The Hall–Kier alpha value is -0.470. The molecule has 0 aromatic heterocycles. The number of ether oxygens (including phenoxy) is 1. The SMILES string of the molecule is CCCCC(F)[C@H](O)C=C[C@@H]1[C@H]2C(F)C(=CCCCC(=O)O)O[C@H]2C[C@H]1O.[Na]. The third-order valence-corrected chi connectivity index (χ3v) is 5.36. The van der Waals surface area contributed by atoms with E-state index in [1.807, 2.05) is 6.92 Å². The van der Waals surface area contributed by atoms with Crippen LogP contribution in [0.2, 0.25) is 0 Å². The van der Waals surface area contributed by atoms with Crippen molar-refractivity contribution in [2.45, 2.75) is 82.5 Å². The number of carbonyl (C=O) groups is 1. The standard InChI is InChI=1S/C20H30F2O5.Na/c1-2-3-6-13(21)14(23)10-9-12-15(24)11-17-19(12)20(22)16(27-17)7-4-5-8-18(25)26;/h7,9-10,12-15,17,19-20,23-24H,2-6,8,11H2,1H3,(H,25,26);/t12-,13?,14+,15+,17-,19+,20?;/m0./s1. The molecule has 0 aromatic rings. The molecular formula is C20H30F2NaO5. The fourth-order valence-corrected chi connectivity index (χ4v) is 3.84. The molecule has 0 spiro atoms. The fraction of sp³-hybridized carbons (Fsp3) is 0.750. The van der Waals surface area contributed by atoms with Crippen LogP contribution < -0.4 is 0 Å². The van der Waals surface area contributed by atoms with Crippen molar-refractivity contribution in [3.63, 3.8) is 0 Å². The molecule has 1 saturated carbocycles. The molecule has 3 N–H and O–H groups in total. The molecule has 2 unspecified atom stereocenters. The number of halogens is 2. The monoisotopic (exact) mass is 411 g/mol. The minimum Gasteiger partial charge on any atom is -0.491 e. The molecule has 0 amide bonds. The predicted octanol–water partition coefficient (Wildman–Crippen LogP) is 2.92. The molecule has 7 atom stereocenters. The Kier molecular flexibility index (Phi) is 11.2. The van der Waals surface area contributed by atoms with Gasteiger partial charge >= 0.3 is 5.97 Å². The van der Waals surface area contributed by atoms with Crippen LogP contribution in [0, 0.1) is 11.8 Å². The van der Waals surface area contributed by atoms with Crippen LogP contribution in [-0.4, -0.2) is 81.5 Å². The maximum atomic E-state index is 14.8. The van der Waals surface area contributed by atoms with E-state index in [9.17, 15) is 23.8 Å². The number of aliphatic hydroxyl groups is 2. The van der Waals surface area contributed by atoms with Gasteiger partial charge in [-0.05, 0) is 25.3 Å². The second kappa shape index (κ2) is 12.3. The van der Waals surface area contributed by atoms with Crippen LogP contribution in [0.25, 0.3) is 0 Å². The molecule has 155 valence electrons. The Morgan fingerprint density at radius 1 is 1.39 bits per heavy atom. The Morgan fingerprint density at radius 3 is 2.75 bits per heavy atom. The minimum absolute atomic E-state index is 0. The van der Waals surface area contributed by atoms with Crippen molar-refractivity contribution >= 4 is 35.5 Å². The van der Waals surface area contributed by atoms with Crippen molar-refractivity contribution in [2.75, 3.05) is 0 Å². The molecule has 1 heterocycles. The summed E-state index contributed by atoms with van der Waals surface area (Å²) in [6.45, 7) is 1.94. The van der Waals surface area contributed by atoms with E-state index in [2.05, 4.69) is 0 Å². The first-order valence-electron chi connectivity index (χ1n) is 9.76. The van der Waals surface area contributed by atoms with Gasteiger partial charge in [-0.25, -0.2) is 8.78 Å². The van der Waals surface area contributed by atoms with Gasteiger partial charge in [-0.1, -0.05) is 31.9 Å². The summed E-state index contributed by atoms with van der Waals surface area (Å²) in [6, 6.07) is 0. The molecule has 1 saturated heterocycles. The number of fused-ring (bicyclic) bond motifs is 1. The largest absolute Gasteiger partial charge is 0.491 e. The summed E-state index contributed by atoms with van der Waals surface area (Å²) in [7, 11) is 0. The first kappa shape index (κ1) is 25.6. The number of hydrogen-bond donors (Lipinski definition) is 3. The number of rotatable bonds is 10. The number of allylic oxidation sites excluding steroid dienone is 2. The van der Waals surface area contributed by atoms with Gasteiger partial charge in [0.2, 0.25) is 0 Å². The molecule has 0 bridgehead atoms. The second-order valence-electron chi connectivity index (χ2n) is 7.44. The average Bonchev–Trinajstić information content (AvgIpc) is 3.09. The van der Waals surface area contributed by atoms with Crippen LogP contribution in [0.4, 0.5) is 8.78 Å². The van der Waals surface area contributed by atoms with Crippen molar-refractivity contribution in [2.24, 2.45) is 11.8 Å². The minimum atomic E-state index is -1.40. The van der Waals surface area contributed by atoms with Crippen molar-refractivity contribution in [3.8, 4) is 0 Å².